The number of nitrogens with zero attached hydrogens (tertiary/aromatic N) is 2. The Morgan fingerprint density at radius 2 is 2.19 bits per heavy atom. The number of nitriles is 1. The van der Waals surface area contributed by atoms with Crippen LogP contribution in [0.2, 0.25) is 0 Å². The van der Waals surface area contributed by atoms with Crippen molar-refractivity contribution in [1.82, 2.24) is 4.98 Å². The summed E-state index contributed by atoms with van der Waals surface area (Å²) in [5.41, 5.74) is 5.44. The van der Waals surface area contributed by atoms with E-state index >= 15 is 0 Å². The summed E-state index contributed by atoms with van der Waals surface area (Å²) in [6.45, 7) is 0.000785. The highest BCUT2D eigenvalue weighted by atomic mass is 79.9. The van der Waals surface area contributed by atoms with Gasteiger partial charge in [-0.05, 0) is 22.0 Å². The Balaban J connectivity index is 3.18. The molecule has 1 heterocycles. The number of aromatic nitrogens is 1. The van der Waals surface area contributed by atoms with Crippen molar-refractivity contribution < 1.29 is 17.9 Å². The summed E-state index contributed by atoms with van der Waals surface area (Å²) in [6, 6.07) is 2.91. The van der Waals surface area contributed by atoms with Gasteiger partial charge in [0, 0.05) is 12.1 Å². The van der Waals surface area contributed by atoms with Crippen molar-refractivity contribution in [2.45, 2.75) is 12.9 Å². The molecule has 0 saturated heterocycles. The van der Waals surface area contributed by atoms with Gasteiger partial charge in [-0.2, -0.15) is 5.26 Å². The molecule has 0 amide bonds. The number of halogens is 4. The molecule has 0 atom stereocenters. The van der Waals surface area contributed by atoms with E-state index < -0.39 is 12.2 Å². The molecule has 0 fully saturated rings. The van der Waals surface area contributed by atoms with E-state index in [1.165, 1.54) is 6.07 Å². The molecule has 1 rings (SSSR count). The molecule has 8 heteroatoms. The molecule has 0 bridgehead atoms. The first-order valence-corrected chi connectivity index (χ1v) is 4.72. The van der Waals surface area contributed by atoms with Gasteiger partial charge in [0.1, 0.15) is 11.8 Å². The molecule has 0 aliphatic carbocycles. The van der Waals surface area contributed by atoms with Gasteiger partial charge in [-0.1, -0.05) is 0 Å². The molecule has 16 heavy (non-hydrogen) atoms. The highest BCUT2D eigenvalue weighted by Crippen LogP contribution is 2.29. The standard InChI is InChI=1S/C8H5BrF3N3O/c9-5-1-4(2-13)6(3-14)15-7(5)16-8(10,11)12/h1H,2,13H2. The van der Waals surface area contributed by atoms with Gasteiger partial charge in [0.25, 0.3) is 0 Å². The van der Waals surface area contributed by atoms with Crippen molar-refractivity contribution in [3.63, 3.8) is 0 Å². The summed E-state index contributed by atoms with van der Waals surface area (Å²) in [7, 11) is 0. The molecule has 2 N–H and O–H groups in total. The molecule has 86 valence electrons. The maximum absolute atomic E-state index is 11.9. The zero-order valence-corrected chi connectivity index (χ0v) is 9.26. The second-order valence-corrected chi connectivity index (χ2v) is 3.50. The van der Waals surface area contributed by atoms with Crippen LogP contribution < -0.4 is 10.5 Å². The van der Waals surface area contributed by atoms with Crippen LogP contribution in [0, 0.1) is 11.3 Å². The summed E-state index contributed by atoms with van der Waals surface area (Å²) in [5, 5.41) is 8.64. The summed E-state index contributed by atoms with van der Waals surface area (Å²) in [6.07, 6.45) is -4.85. The molecular formula is C8H5BrF3N3O. The van der Waals surface area contributed by atoms with Crippen LogP contribution in [0.4, 0.5) is 13.2 Å². The fourth-order valence-electron chi connectivity index (χ4n) is 0.943. The lowest BCUT2D eigenvalue weighted by Crippen LogP contribution is -2.19. The predicted octanol–water partition coefficient (Wildman–Crippen LogP) is 2.07. The molecule has 0 spiro atoms. The highest BCUT2D eigenvalue weighted by molar-refractivity contribution is 9.10. The summed E-state index contributed by atoms with van der Waals surface area (Å²) in [4.78, 5) is 3.42. The highest BCUT2D eigenvalue weighted by Gasteiger charge is 2.33. The third kappa shape index (κ3) is 3.08. The second-order valence-electron chi connectivity index (χ2n) is 2.65. The number of hydrogen-bond donors (Lipinski definition) is 1. The molecule has 1 aromatic heterocycles. The van der Waals surface area contributed by atoms with Gasteiger partial charge in [0.2, 0.25) is 5.88 Å². The van der Waals surface area contributed by atoms with E-state index in [9.17, 15) is 13.2 Å². The third-order valence-corrected chi connectivity index (χ3v) is 2.13. The Kier molecular flexibility index (Phi) is 3.72. The van der Waals surface area contributed by atoms with Crippen molar-refractivity contribution in [1.29, 1.82) is 5.26 Å². The van der Waals surface area contributed by atoms with E-state index in [0.717, 1.165) is 0 Å². The first kappa shape index (κ1) is 12.7. The van der Waals surface area contributed by atoms with Crippen molar-refractivity contribution in [3.05, 3.63) is 21.8 Å². The Hall–Kier alpha value is -1.33. The number of alkyl halides is 3. The van der Waals surface area contributed by atoms with Crippen LogP contribution in [0.3, 0.4) is 0 Å². The van der Waals surface area contributed by atoms with Gasteiger partial charge < -0.3 is 10.5 Å². The zero-order chi connectivity index (χ0) is 12.3. The number of pyridine rings is 1. The lowest BCUT2D eigenvalue weighted by molar-refractivity contribution is -0.276. The van der Waals surface area contributed by atoms with Crippen LogP contribution in [0.1, 0.15) is 11.3 Å². The van der Waals surface area contributed by atoms with Crippen molar-refractivity contribution in [3.8, 4) is 11.9 Å². The zero-order valence-electron chi connectivity index (χ0n) is 7.68. The SMILES string of the molecule is N#Cc1nc(OC(F)(F)F)c(Br)cc1CN. The molecule has 0 aliphatic heterocycles. The maximum Gasteiger partial charge on any atom is 0.574 e. The van der Waals surface area contributed by atoms with E-state index in [2.05, 4.69) is 25.7 Å². The minimum atomic E-state index is -4.85. The lowest BCUT2D eigenvalue weighted by atomic mass is 10.2. The molecule has 0 saturated carbocycles. The molecule has 4 nitrogen and oxygen atoms in total. The first-order chi connectivity index (χ1) is 7.37. The van der Waals surface area contributed by atoms with Crippen LogP contribution in [0.5, 0.6) is 5.88 Å². The normalized spacial score (nSPS) is 11.0. The van der Waals surface area contributed by atoms with Crippen molar-refractivity contribution in [2.75, 3.05) is 0 Å². The molecule has 0 unspecified atom stereocenters. The van der Waals surface area contributed by atoms with Gasteiger partial charge in [-0.25, -0.2) is 4.98 Å². The summed E-state index contributed by atoms with van der Waals surface area (Å²) in [5.74, 6) is -0.707. The quantitative estimate of drug-likeness (QED) is 0.907. The monoisotopic (exact) mass is 295 g/mol. The van der Waals surface area contributed by atoms with E-state index in [1.807, 2.05) is 0 Å². The lowest BCUT2D eigenvalue weighted by Gasteiger charge is -2.10. The van der Waals surface area contributed by atoms with Crippen molar-refractivity contribution in [2.24, 2.45) is 5.73 Å². The van der Waals surface area contributed by atoms with Gasteiger partial charge >= 0.3 is 6.36 Å². The first-order valence-electron chi connectivity index (χ1n) is 3.92. The maximum atomic E-state index is 11.9. The number of rotatable bonds is 2. The number of hydrogen-bond acceptors (Lipinski definition) is 4. The largest absolute Gasteiger partial charge is 0.574 e. The molecule has 0 radical (unpaired) electrons. The van der Waals surface area contributed by atoms with E-state index in [0.29, 0.717) is 5.56 Å². The van der Waals surface area contributed by atoms with Gasteiger partial charge in [-0.15, -0.1) is 13.2 Å². The van der Waals surface area contributed by atoms with Gasteiger partial charge in [0.05, 0.1) is 4.47 Å². The van der Waals surface area contributed by atoms with Crippen molar-refractivity contribution >= 4 is 15.9 Å². The molecular weight excluding hydrogens is 291 g/mol. The minimum absolute atomic E-state index is 0.000785. The Labute approximate surface area is 97.0 Å². The topological polar surface area (TPSA) is 71.9 Å². The van der Waals surface area contributed by atoms with Crippen LogP contribution in [0.25, 0.3) is 0 Å². The fourth-order valence-corrected chi connectivity index (χ4v) is 1.39. The van der Waals surface area contributed by atoms with Gasteiger partial charge in [-0.3, -0.25) is 0 Å². The Morgan fingerprint density at radius 1 is 1.56 bits per heavy atom. The average Bonchev–Trinajstić information content (AvgIpc) is 2.18. The second kappa shape index (κ2) is 4.67. The Bertz CT molecular complexity index is 441. The van der Waals surface area contributed by atoms with E-state index in [-0.39, 0.29) is 16.7 Å². The molecule has 1 aromatic rings. The van der Waals surface area contributed by atoms with Crippen LogP contribution in [0.15, 0.2) is 10.5 Å². The minimum Gasteiger partial charge on any atom is -0.387 e. The number of nitrogens with two attached hydrogens (primary N) is 1. The molecule has 0 aromatic carbocycles. The smallest absolute Gasteiger partial charge is 0.387 e. The summed E-state index contributed by atoms with van der Waals surface area (Å²) >= 11 is 2.85. The van der Waals surface area contributed by atoms with Crippen LogP contribution >= 0.6 is 15.9 Å². The van der Waals surface area contributed by atoms with E-state index in [4.69, 9.17) is 11.0 Å². The summed E-state index contributed by atoms with van der Waals surface area (Å²) < 4.78 is 39.5. The van der Waals surface area contributed by atoms with E-state index in [1.54, 1.807) is 6.07 Å². The fraction of sp³-hybridized carbons (Fsp3) is 0.250. The molecule has 0 aliphatic rings. The third-order valence-electron chi connectivity index (χ3n) is 1.56. The van der Waals surface area contributed by atoms with Gasteiger partial charge in [0.15, 0.2) is 0 Å². The van der Waals surface area contributed by atoms with Crippen LogP contribution in [-0.4, -0.2) is 11.3 Å². The average molecular weight is 296 g/mol. The Morgan fingerprint density at radius 3 is 2.62 bits per heavy atom. The predicted molar refractivity (Wildman–Crippen MR) is 51.2 cm³/mol. The van der Waals surface area contributed by atoms with Crippen LogP contribution in [-0.2, 0) is 6.54 Å². The number of ether oxygens (including phenoxy) is 1.